The Labute approximate surface area is 294 Å². The number of terminal acetylenes is 1. The second-order valence-corrected chi connectivity index (χ2v) is 14.4. The van der Waals surface area contributed by atoms with Gasteiger partial charge < -0.3 is 29.1 Å². The molecule has 1 spiro atoms. The molecule has 1 N–H and O–H groups in total. The van der Waals surface area contributed by atoms with Crippen molar-refractivity contribution in [1.82, 2.24) is 19.9 Å². The minimum Gasteiger partial charge on any atom is -0.508 e. The molecular weight excluding hydrogens is 659 g/mol. The zero-order chi connectivity index (χ0) is 35.7. The molecule has 2 aromatic heterocycles. The molecule has 4 aliphatic rings. The van der Waals surface area contributed by atoms with Crippen LogP contribution in [0.2, 0.25) is 0 Å². The van der Waals surface area contributed by atoms with Crippen LogP contribution in [0, 0.1) is 29.4 Å². The topological polar surface area (TPSA) is 93.1 Å². The average molecular weight is 700 g/mol. The second kappa shape index (κ2) is 12.6. The third-order valence-electron chi connectivity index (χ3n) is 11.6. The molecule has 4 fully saturated rings. The first-order valence-corrected chi connectivity index (χ1v) is 17.5. The summed E-state index contributed by atoms with van der Waals surface area (Å²) in [6.45, 7) is 5.71. The summed E-state index contributed by atoms with van der Waals surface area (Å²) < 4.78 is 66.1. The number of anilines is 1. The molecule has 9 nitrogen and oxygen atoms in total. The first kappa shape index (κ1) is 33.5. The Balaban J connectivity index is 1.31. The number of likely N-dealkylation sites (tertiary alicyclic amines) is 1. The summed E-state index contributed by atoms with van der Waals surface area (Å²) in [5.74, 6) is 0.894. The molecule has 0 radical (unpaired) electrons. The Morgan fingerprint density at radius 2 is 1.92 bits per heavy atom. The number of methoxy groups -OCH3 is 1. The van der Waals surface area contributed by atoms with E-state index >= 15 is 13.2 Å². The predicted molar refractivity (Wildman–Crippen MR) is 188 cm³/mol. The summed E-state index contributed by atoms with van der Waals surface area (Å²) in [4.78, 5) is 18.3. The number of phenolic OH excluding ortho intramolecular Hbond substituents is 1. The molecule has 5 unspecified atom stereocenters. The number of alkyl halides is 1. The summed E-state index contributed by atoms with van der Waals surface area (Å²) in [5.41, 5.74) is -1.60. The van der Waals surface area contributed by atoms with Crippen molar-refractivity contribution < 1.29 is 32.5 Å². The fourth-order valence-corrected chi connectivity index (χ4v) is 9.20. The lowest BCUT2D eigenvalue weighted by molar-refractivity contribution is -0.247. The van der Waals surface area contributed by atoms with Crippen molar-refractivity contribution in [3.8, 4) is 41.2 Å². The molecule has 0 bridgehead atoms. The standard InChI is InChI=1S/C39H40F3N5O4/c1-5-24-26(40)12-11-22-18-23(48)19-25(29(22)24)32-31(41)33-30(36(43-32)49-4)35(47-17-9-15-39(20-47)34(42)27(6-2)51-39)45-37(44-33)50-21-38-13-7-10-28(38)46(3)16-8-14-38/h1,6,11-12,18-19,27-28,34,48H,2,7-10,13-17,20-21H2,3-4H3. The average Bonchev–Trinajstić information content (AvgIpc) is 3.58. The van der Waals surface area contributed by atoms with Gasteiger partial charge >= 0.3 is 6.01 Å². The molecule has 2 aromatic carbocycles. The van der Waals surface area contributed by atoms with E-state index in [4.69, 9.17) is 25.6 Å². The fraction of sp³-hybridized carbons (Fsp3) is 0.462. The largest absolute Gasteiger partial charge is 0.508 e. The van der Waals surface area contributed by atoms with E-state index in [1.165, 1.54) is 37.5 Å². The molecule has 12 heteroatoms. The third kappa shape index (κ3) is 5.27. The van der Waals surface area contributed by atoms with Crippen LogP contribution in [0.3, 0.4) is 0 Å². The Bertz CT molecular complexity index is 2110. The number of piperidine rings is 2. The van der Waals surface area contributed by atoms with Gasteiger partial charge in [0.15, 0.2) is 12.0 Å². The quantitative estimate of drug-likeness (QED) is 0.167. The van der Waals surface area contributed by atoms with Crippen LogP contribution in [0.5, 0.6) is 17.6 Å². The summed E-state index contributed by atoms with van der Waals surface area (Å²) >= 11 is 0. The van der Waals surface area contributed by atoms with E-state index in [-0.39, 0.29) is 68.5 Å². The maximum absolute atomic E-state index is 17.2. The molecule has 4 aromatic rings. The van der Waals surface area contributed by atoms with Crippen LogP contribution in [-0.4, -0.2) is 89.3 Å². The number of phenols is 1. The molecule has 3 saturated heterocycles. The molecule has 5 atom stereocenters. The number of nitrogens with zero attached hydrogens (tertiary/aromatic N) is 5. The Morgan fingerprint density at radius 1 is 1.12 bits per heavy atom. The Kier molecular flexibility index (Phi) is 8.26. The van der Waals surface area contributed by atoms with E-state index in [9.17, 15) is 5.11 Å². The number of ether oxygens (including phenoxy) is 3. The van der Waals surface area contributed by atoms with Crippen molar-refractivity contribution in [2.75, 3.05) is 45.3 Å². The van der Waals surface area contributed by atoms with Crippen LogP contribution in [0.15, 0.2) is 36.9 Å². The zero-order valence-electron chi connectivity index (χ0n) is 28.7. The SMILES string of the molecule is C#Cc1c(F)ccc2cc(O)cc(-c3nc(OC)c4c(N5CCCC6(C5)OC(C=C)C6F)nc(OCC56CCCC5N(C)CCC6)nc4c3F)c12. The van der Waals surface area contributed by atoms with E-state index < -0.39 is 29.5 Å². The number of aromatic hydroxyl groups is 1. The van der Waals surface area contributed by atoms with E-state index in [0.717, 1.165) is 38.6 Å². The Hall–Kier alpha value is -4.60. The van der Waals surface area contributed by atoms with Gasteiger partial charge in [0.05, 0.1) is 25.8 Å². The molecule has 8 rings (SSSR count). The molecule has 3 aliphatic heterocycles. The molecule has 266 valence electrons. The minimum absolute atomic E-state index is 0.0172. The van der Waals surface area contributed by atoms with Crippen molar-refractivity contribution in [1.29, 1.82) is 0 Å². The number of fused-ring (bicyclic) bond motifs is 3. The van der Waals surface area contributed by atoms with Gasteiger partial charge in [0.25, 0.3) is 0 Å². The second-order valence-electron chi connectivity index (χ2n) is 14.4. The zero-order valence-corrected chi connectivity index (χ0v) is 28.7. The van der Waals surface area contributed by atoms with Gasteiger partial charge in [-0.2, -0.15) is 9.97 Å². The van der Waals surface area contributed by atoms with Gasteiger partial charge in [-0.05, 0) is 75.7 Å². The number of pyridine rings is 1. The van der Waals surface area contributed by atoms with Gasteiger partial charge in [-0.1, -0.05) is 24.5 Å². The van der Waals surface area contributed by atoms with Crippen molar-refractivity contribution >= 4 is 27.5 Å². The lowest BCUT2D eigenvalue weighted by Crippen LogP contribution is -2.68. The first-order chi connectivity index (χ1) is 24.6. The highest BCUT2D eigenvalue weighted by Crippen LogP contribution is 2.49. The van der Waals surface area contributed by atoms with Crippen LogP contribution in [-0.2, 0) is 4.74 Å². The summed E-state index contributed by atoms with van der Waals surface area (Å²) in [6.07, 6.45) is 11.6. The van der Waals surface area contributed by atoms with E-state index in [1.54, 1.807) is 0 Å². The van der Waals surface area contributed by atoms with Crippen LogP contribution in [0.1, 0.15) is 50.5 Å². The van der Waals surface area contributed by atoms with Gasteiger partial charge in [-0.25, -0.2) is 18.2 Å². The highest BCUT2D eigenvalue weighted by Gasteiger charge is 2.57. The van der Waals surface area contributed by atoms with Gasteiger partial charge in [0.1, 0.15) is 45.7 Å². The van der Waals surface area contributed by atoms with E-state index in [2.05, 4.69) is 34.4 Å². The summed E-state index contributed by atoms with van der Waals surface area (Å²) in [7, 11) is 3.54. The smallest absolute Gasteiger partial charge is 0.319 e. The number of halogens is 3. The molecule has 5 heterocycles. The maximum atomic E-state index is 17.2. The molecule has 51 heavy (non-hydrogen) atoms. The highest BCUT2D eigenvalue weighted by atomic mass is 19.1. The Morgan fingerprint density at radius 3 is 2.69 bits per heavy atom. The molecule has 0 amide bonds. The molecular formula is C39H40F3N5O4. The van der Waals surface area contributed by atoms with Gasteiger partial charge in [0, 0.05) is 29.0 Å². The lowest BCUT2D eigenvalue weighted by atomic mass is 9.76. The van der Waals surface area contributed by atoms with E-state index in [0.29, 0.717) is 37.4 Å². The summed E-state index contributed by atoms with van der Waals surface area (Å²) in [6, 6.07) is 5.69. The molecule has 1 aliphatic carbocycles. The number of hydrogen-bond donors (Lipinski definition) is 1. The number of benzene rings is 2. The van der Waals surface area contributed by atoms with Crippen molar-refractivity contribution in [3.05, 3.63) is 54.1 Å². The van der Waals surface area contributed by atoms with Crippen LogP contribution < -0.4 is 14.4 Å². The van der Waals surface area contributed by atoms with Crippen molar-refractivity contribution in [3.63, 3.8) is 0 Å². The number of rotatable bonds is 7. The maximum Gasteiger partial charge on any atom is 0.319 e. The van der Waals surface area contributed by atoms with Crippen molar-refractivity contribution in [2.24, 2.45) is 5.41 Å². The van der Waals surface area contributed by atoms with E-state index in [1.807, 2.05) is 4.90 Å². The first-order valence-electron chi connectivity index (χ1n) is 17.5. The lowest BCUT2D eigenvalue weighted by Gasteiger charge is -2.54. The van der Waals surface area contributed by atoms with Crippen LogP contribution >= 0.6 is 0 Å². The van der Waals surface area contributed by atoms with Crippen LogP contribution in [0.4, 0.5) is 19.0 Å². The normalized spacial score (nSPS) is 27.7. The summed E-state index contributed by atoms with van der Waals surface area (Å²) in [5, 5.41) is 11.4. The third-order valence-corrected chi connectivity index (χ3v) is 11.6. The van der Waals surface area contributed by atoms with Gasteiger partial charge in [-0.3, -0.25) is 0 Å². The van der Waals surface area contributed by atoms with Gasteiger partial charge in [0.2, 0.25) is 5.88 Å². The van der Waals surface area contributed by atoms with Crippen LogP contribution in [0.25, 0.3) is 32.9 Å². The van der Waals surface area contributed by atoms with Crippen molar-refractivity contribution in [2.45, 2.75) is 68.9 Å². The number of hydrogen-bond acceptors (Lipinski definition) is 9. The number of aromatic nitrogens is 3. The molecule has 1 saturated carbocycles. The highest BCUT2D eigenvalue weighted by molar-refractivity contribution is 6.04. The monoisotopic (exact) mass is 699 g/mol. The minimum atomic E-state index is -1.27. The fourth-order valence-electron chi connectivity index (χ4n) is 9.20. The predicted octanol–water partition coefficient (Wildman–Crippen LogP) is 6.72. The van der Waals surface area contributed by atoms with Gasteiger partial charge in [-0.15, -0.1) is 13.0 Å².